The molecule has 4 heteroatoms. The van der Waals surface area contributed by atoms with Gasteiger partial charge in [-0.15, -0.1) is 0 Å². The van der Waals surface area contributed by atoms with Gasteiger partial charge in [0.2, 0.25) is 11.8 Å². The number of nitrogens with one attached hydrogen (secondary N) is 2. The summed E-state index contributed by atoms with van der Waals surface area (Å²) in [5, 5.41) is 6.27. The summed E-state index contributed by atoms with van der Waals surface area (Å²) < 4.78 is 0. The van der Waals surface area contributed by atoms with Gasteiger partial charge in [-0.1, -0.05) is 135 Å². The molecule has 2 atom stereocenters. The highest BCUT2D eigenvalue weighted by molar-refractivity contribution is 5.77. The van der Waals surface area contributed by atoms with Crippen LogP contribution < -0.4 is 10.6 Å². The molecule has 0 saturated heterocycles. The molecule has 0 bridgehead atoms. The summed E-state index contributed by atoms with van der Waals surface area (Å²) in [5.41, 5.74) is 6.97. The Hall–Kier alpha value is -4.18. The van der Waals surface area contributed by atoms with Crippen LogP contribution in [0.15, 0.2) is 109 Å². The van der Waals surface area contributed by atoms with Gasteiger partial charge < -0.3 is 10.6 Å². The molecule has 0 aromatic heterocycles. The Kier molecular flexibility index (Phi) is 11.9. The standard InChI is InChI=1S/C38H44N2O2/c1-29(31-21-25-35(26-22-31)33-15-9-7-10-16-33)39-37(41)19-13-5-3-4-6-14-20-38(42)40-30(2)32-23-27-36(28-24-32)34-17-11-8-12-18-34/h7-12,15-18,21-30H,3-6,13-14,19-20H2,1-2H3,(H,39,41)(H,40,42)/t29-,30-/m1/s1. The second-order valence-electron chi connectivity index (χ2n) is 11.2. The normalized spacial score (nSPS) is 12.3. The molecule has 4 aromatic carbocycles. The minimum atomic E-state index is -0.00941. The molecule has 0 fully saturated rings. The summed E-state index contributed by atoms with van der Waals surface area (Å²) in [5.74, 6) is 0.213. The summed E-state index contributed by atoms with van der Waals surface area (Å²) in [6.45, 7) is 4.07. The van der Waals surface area contributed by atoms with Crippen molar-refractivity contribution in [1.82, 2.24) is 10.6 Å². The van der Waals surface area contributed by atoms with Crippen LogP contribution in [0.4, 0.5) is 0 Å². The Balaban J connectivity index is 1.03. The van der Waals surface area contributed by atoms with E-state index in [0.29, 0.717) is 12.8 Å². The second kappa shape index (κ2) is 16.3. The summed E-state index contributed by atoms with van der Waals surface area (Å²) in [4.78, 5) is 24.9. The van der Waals surface area contributed by atoms with Crippen LogP contribution in [0.1, 0.15) is 88.4 Å². The van der Waals surface area contributed by atoms with E-state index >= 15 is 0 Å². The highest BCUT2D eigenvalue weighted by Gasteiger charge is 2.11. The fourth-order valence-corrected chi connectivity index (χ4v) is 5.26. The number of unbranched alkanes of at least 4 members (excludes halogenated alkanes) is 5. The third-order valence-electron chi connectivity index (χ3n) is 7.85. The van der Waals surface area contributed by atoms with Gasteiger partial charge in [-0.05, 0) is 60.1 Å². The van der Waals surface area contributed by atoms with E-state index in [1.807, 2.05) is 50.2 Å². The molecule has 0 saturated carbocycles. The summed E-state index contributed by atoms with van der Waals surface area (Å²) in [7, 11) is 0. The molecule has 0 aliphatic rings. The maximum atomic E-state index is 12.4. The highest BCUT2D eigenvalue weighted by Crippen LogP contribution is 2.23. The molecule has 218 valence electrons. The molecule has 0 radical (unpaired) electrons. The predicted octanol–water partition coefficient (Wildman–Crippen LogP) is 9.20. The molecule has 0 unspecified atom stereocenters. The van der Waals surface area contributed by atoms with Crippen molar-refractivity contribution in [2.45, 2.75) is 77.3 Å². The van der Waals surface area contributed by atoms with Crippen LogP contribution in [0.3, 0.4) is 0 Å². The highest BCUT2D eigenvalue weighted by atomic mass is 16.2. The Labute approximate surface area is 251 Å². The lowest BCUT2D eigenvalue weighted by molar-refractivity contribution is -0.122. The zero-order valence-electron chi connectivity index (χ0n) is 25.0. The molecule has 2 N–H and O–H groups in total. The van der Waals surface area contributed by atoms with Crippen molar-refractivity contribution in [3.8, 4) is 22.3 Å². The maximum absolute atomic E-state index is 12.4. The number of carbonyl (C=O) groups excluding carboxylic acids is 2. The van der Waals surface area contributed by atoms with Crippen LogP contribution in [0, 0.1) is 0 Å². The van der Waals surface area contributed by atoms with E-state index < -0.39 is 0 Å². The number of hydrogen-bond donors (Lipinski definition) is 2. The van der Waals surface area contributed by atoms with E-state index in [2.05, 4.69) is 83.4 Å². The third-order valence-corrected chi connectivity index (χ3v) is 7.85. The number of carbonyl (C=O) groups is 2. The van der Waals surface area contributed by atoms with Gasteiger partial charge in [0.1, 0.15) is 0 Å². The van der Waals surface area contributed by atoms with E-state index in [1.54, 1.807) is 0 Å². The molecule has 42 heavy (non-hydrogen) atoms. The average Bonchev–Trinajstić information content (AvgIpc) is 3.03. The fraction of sp³-hybridized carbons (Fsp3) is 0.316. The molecular formula is C38H44N2O2. The smallest absolute Gasteiger partial charge is 0.220 e. The lowest BCUT2D eigenvalue weighted by atomic mass is 10.0. The molecule has 2 amide bonds. The molecule has 0 aliphatic heterocycles. The first-order valence-corrected chi connectivity index (χ1v) is 15.4. The van der Waals surface area contributed by atoms with Gasteiger partial charge in [0.05, 0.1) is 12.1 Å². The van der Waals surface area contributed by atoms with Crippen LogP contribution in [0.2, 0.25) is 0 Å². The predicted molar refractivity (Wildman–Crippen MR) is 174 cm³/mol. The number of rotatable bonds is 15. The van der Waals surface area contributed by atoms with Crippen molar-refractivity contribution in [2.24, 2.45) is 0 Å². The number of amides is 2. The van der Waals surface area contributed by atoms with E-state index in [0.717, 1.165) is 49.7 Å². The molecular weight excluding hydrogens is 516 g/mol. The van der Waals surface area contributed by atoms with Gasteiger partial charge in [-0.25, -0.2) is 0 Å². The number of benzene rings is 4. The topological polar surface area (TPSA) is 58.2 Å². The Morgan fingerprint density at radius 2 is 0.762 bits per heavy atom. The van der Waals surface area contributed by atoms with Gasteiger partial charge in [0.15, 0.2) is 0 Å². The Bertz CT molecular complexity index is 1260. The van der Waals surface area contributed by atoms with Gasteiger partial charge in [0.25, 0.3) is 0 Å². The number of hydrogen-bond acceptors (Lipinski definition) is 2. The van der Waals surface area contributed by atoms with E-state index in [4.69, 9.17) is 0 Å². The van der Waals surface area contributed by atoms with Crippen LogP contribution in [-0.2, 0) is 9.59 Å². The second-order valence-corrected chi connectivity index (χ2v) is 11.2. The van der Waals surface area contributed by atoms with Gasteiger partial charge in [-0.3, -0.25) is 9.59 Å². The fourth-order valence-electron chi connectivity index (χ4n) is 5.26. The van der Waals surface area contributed by atoms with E-state index in [9.17, 15) is 9.59 Å². The van der Waals surface area contributed by atoms with Crippen molar-refractivity contribution in [1.29, 1.82) is 0 Å². The molecule has 4 nitrogen and oxygen atoms in total. The molecule has 0 spiro atoms. The SMILES string of the molecule is C[C@@H](NC(=O)CCCCCCCCC(=O)N[C@H](C)c1ccc(-c2ccccc2)cc1)c1ccc(-c2ccccc2)cc1. The van der Waals surface area contributed by atoms with Crippen molar-refractivity contribution in [3.05, 3.63) is 120 Å². The van der Waals surface area contributed by atoms with Gasteiger partial charge in [-0.2, -0.15) is 0 Å². The van der Waals surface area contributed by atoms with Crippen molar-refractivity contribution in [3.63, 3.8) is 0 Å². The molecule has 0 heterocycles. The third kappa shape index (κ3) is 9.73. The van der Waals surface area contributed by atoms with E-state index in [-0.39, 0.29) is 23.9 Å². The minimum Gasteiger partial charge on any atom is -0.350 e. The monoisotopic (exact) mass is 560 g/mol. The van der Waals surface area contributed by atoms with Crippen molar-refractivity contribution in [2.75, 3.05) is 0 Å². The largest absolute Gasteiger partial charge is 0.350 e. The zero-order valence-corrected chi connectivity index (χ0v) is 25.0. The lowest BCUT2D eigenvalue weighted by Crippen LogP contribution is -2.26. The minimum absolute atomic E-state index is 0.00941. The van der Waals surface area contributed by atoms with Crippen LogP contribution >= 0.6 is 0 Å². The van der Waals surface area contributed by atoms with Crippen LogP contribution in [-0.4, -0.2) is 11.8 Å². The lowest BCUT2D eigenvalue weighted by Gasteiger charge is -2.15. The van der Waals surface area contributed by atoms with E-state index in [1.165, 1.54) is 22.3 Å². The Morgan fingerprint density at radius 1 is 0.452 bits per heavy atom. The molecule has 4 aromatic rings. The first-order chi connectivity index (χ1) is 20.5. The van der Waals surface area contributed by atoms with Gasteiger partial charge >= 0.3 is 0 Å². The first kappa shape index (κ1) is 30.8. The Morgan fingerprint density at radius 3 is 1.12 bits per heavy atom. The molecule has 4 rings (SSSR count). The quantitative estimate of drug-likeness (QED) is 0.142. The van der Waals surface area contributed by atoms with Crippen LogP contribution in [0.5, 0.6) is 0 Å². The summed E-state index contributed by atoms with van der Waals surface area (Å²) in [6.07, 6.45) is 7.16. The zero-order chi connectivity index (χ0) is 29.6. The molecule has 0 aliphatic carbocycles. The summed E-state index contributed by atoms with van der Waals surface area (Å²) >= 11 is 0. The van der Waals surface area contributed by atoms with Crippen LogP contribution in [0.25, 0.3) is 22.3 Å². The maximum Gasteiger partial charge on any atom is 0.220 e. The summed E-state index contributed by atoms with van der Waals surface area (Å²) in [6, 6.07) is 37.4. The average molecular weight is 561 g/mol. The van der Waals surface area contributed by atoms with Crippen molar-refractivity contribution < 1.29 is 9.59 Å². The van der Waals surface area contributed by atoms with Crippen molar-refractivity contribution >= 4 is 11.8 Å². The van der Waals surface area contributed by atoms with Gasteiger partial charge in [0, 0.05) is 12.8 Å². The first-order valence-electron chi connectivity index (χ1n) is 15.4.